The van der Waals surface area contributed by atoms with E-state index in [2.05, 4.69) is 9.97 Å². The third-order valence-electron chi connectivity index (χ3n) is 4.77. The Kier molecular flexibility index (Phi) is 2.74. The highest BCUT2D eigenvalue weighted by Gasteiger charge is 2.44. The van der Waals surface area contributed by atoms with Gasteiger partial charge < -0.3 is 20.4 Å². The molecule has 124 valence electrons. The summed E-state index contributed by atoms with van der Waals surface area (Å²) in [6.45, 7) is 2.28. The Morgan fingerprint density at radius 1 is 1.28 bits per heavy atom. The van der Waals surface area contributed by atoms with E-state index in [4.69, 9.17) is 10.5 Å². The van der Waals surface area contributed by atoms with Gasteiger partial charge in [0, 0.05) is 0 Å². The molecule has 6 nitrogen and oxygen atoms in total. The van der Waals surface area contributed by atoms with Crippen LogP contribution in [-0.2, 0) is 4.79 Å². The van der Waals surface area contributed by atoms with Crippen molar-refractivity contribution in [2.24, 2.45) is 5.73 Å². The number of benzene rings is 2. The number of para-hydroxylation sites is 2. The molecule has 0 aliphatic carbocycles. The topological polar surface area (TPSA) is 84.2 Å². The van der Waals surface area contributed by atoms with Crippen LogP contribution < -0.4 is 15.4 Å². The van der Waals surface area contributed by atoms with E-state index in [0.717, 1.165) is 28.0 Å². The maximum Gasteiger partial charge on any atom is 0.196 e. The third kappa shape index (κ3) is 1.91. The molecular formula is C19H16N4O2. The second kappa shape index (κ2) is 4.86. The summed E-state index contributed by atoms with van der Waals surface area (Å²) in [7, 11) is 0. The van der Waals surface area contributed by atoms with E-state index < -0.39 is 6.04 Å². The molecular weight excluding hydrogens is 316 g/mol. The molecule has 0 saturated carbocycles. The molecule has 0 saturated heterocycles. The van der Waals surface area contributed by atoms with Gasteiger partial charge in [0.25, 0.3) is 0 Å². The van der Waals surface area contributed by atoms with Crippen molar-refractivity contribution in [3.05, 3.63) is 59.7 Å². The van der Waals surface area contributed by atoms with Gasteiger partial charge >= 0.3 is 0 Å². The fourth-order valence-electron chi connectivity index (χ4n) is 3.56. The van der Waals surface area contributed by atoms with E-state index in [1.165, 1.54) is 0 Å². The summed E-state index contributed by atoms with van der Waals surface area (Å²) in [5, 5.41) is 0. The molecule has 5 rings (SSSR count). The van der Waals surface area contributed by atoms with Crippen molar-refractivity contribution < 1.29 is 9.53 Å². The van der Waals surface area contributed by atoms with Crippen LogP contribution >= 0.6 is 0 Å². The zero-order chi connectivity index (χ0) is 17.1. The zero-order valence-corrected chi connectivity index (χ0v) is 13.6. The molecule has 1 unspecified atom stereocenters. The highest BCUT2D eigenvalue weighted by Crippen LogP contribution is 2.42. The Morgan fingerprint density at radius 3 is 2.96 bits per heavy atom. The monoisotopic (exact) mass is 332 g/mol. The number of nitrogens with one attached hydrogen (secondary N) is 1. The van der Waals surface area contributed by atoms with E-state index in [9.17, 15) is 4.79 Å². The molecule has 0 spiro atoms. The van der Waals surface area contributed by atoms with Crippen molar-refractivity contribution >= 4 is 28.1 Å². The van der Waals surface area contributed by atoms with Crippen LogP contribution in [0.15, 0.2) is 48.3 Å². The highest BCUT2D eigenvalue weighted by molar-refractivity contribution is 6.28. The minimum absolute atomic E-state index is 0.0660. The number of aromatic amines is 1. The number of imidazole rings is 1. The molecule has 0 bridgehead atoms. The number of nitrogens with two attached hydrogens (primary N) is 1. The Morgan fingerprint density at radius 2 is 2.12 bits per heavy atom. The van der Waals surface area contributed by atoms with Gasteiger partial charge in [-0.1, -0.05) is 18.2 Å². The first-order valence-corrected chi connectivity index (χ1v) is 8.15. The van der Waals surface area contributed by atoms with Gasteiger partial charge in [-0.25, -0.2) is 4.98 Å². The lowest BCUT2D eigenvalue weighted by molar-refractivity contribution is -0.115. The Hall–Kier alpha value is -3.28. The number of hydrogen-bond acceptors (Lipinski definition) is 5. The van der Waals surface area contributed by atoms with Gasteiger partial charge in [0.2, 0.25) is 0 Å². The average molecular weight is 332 g/mol. The fraction of sp³-hybridized carbons (Fsp3) is 0.158. The summed E-state index contributed by atoms with van der Waals surface area (Å²) in [5.41, 5.74) is 10.4. The fourth-order valence-corrected chi connectivity index (χ4v) is 3.56. The molecule has 2 aromatic carbocycles. The molecule has 0 amide bonds. The first kappa shape index (κ1) is 14.1. The molecule has 3 heterocycles. The summed E-state index contributed by atoms with van der Waals surface area (Å²) in [6.07, 6.45) is 0. The molecule has 2 aliphatic heterocycles. The second-order valence-corrected chi connectivity index (χ2v) is 6.40. The number of fused-ring (bicyclic) bond motifs is 4. The van der Waals surface area contributed by atoms with Gasteiger partial charge in [0.05, 0.1) is 16.7 Å². The summed E-state index contributed by atoms with van der Waals surface area (Å²) in [4.78, 5) is 22.6. The largest absolute Gasteiger partial charge is 0.489 e. The number of H-pyrrole nitrogens is 1. The van der Waals surface area contributed by atoms with E-state index in [-0.39, 0.29) is 12.4 Å². The predicted octanol–water partition coefficient (Wildman–Crippen LogP) is 2.35. The van der Waals surface area contributed by atoms with E-state index in [1.807, 2.05) is 54.3 Å². The smallest absolute Gasteiger partial charge is 0.196 e. The molecule has 3 N–H and O–H groups in total. The van der Waals surface area contributed by atoms with Crippen LogP contribution in [0.4, 0.5) is 5.69 Å². The number of hydrogen-bond donors (Lipinski definition) is 2. The van der Waals surface area contributed by atoms with Gasteiger partial charge in [-0.05, 0) is 36.8 Å². The van der Waals surface area contributed by atoms with Crippen LogP contribution in [0.1, 0.15) is 11.4 Å². The number of rotatable bonds is 1. The van der Waals surface area contributed by atoms with Crippen molar-refractivity contribution in [1.82, 2.24) is 9.97 Å². The summed E-state index contributed by atoms with van der Waals surface area (Å²) >= 11 is 0. The van der Waals surface area contributed by atoms with E-state index in [0.29, 0.717) is 17.2 Å². The lowest BCUT2D eigenvalue weighted by Gasteiger charge is -2.33. The van der Waals surface area contributed by atoms with Crippen molar-refractivity contribution in [2.75, 3.05) is 11.5 Å². The van der Waals surface area contributed by atoms with E-state index >= 15 is 0 Å². The summed E-state index contributed by atoms with van der Waals surface area (Å²) in [5.74, 6) is 1.60. The molecule has 25 heavy (non-hydrogen) atoms. The third-order valence-corrected chi connectivity index (χ3v) is 4.77. The normalized spacial score (nSPS) is 19.2. The van der Waals surface area contributed by atoms with Gasteiger partial charge in [-0.2, -0.15) is 0 Å². The van der Waals surface area contributed by atoms with Crippen molar-refractivity contribution in [1.29, 1.82) is 0 Å². The van der Waals surface area contributed by atoms with Crippen molar-refractivity contribution in [3.63, 3.8) is 0 Å². The molecule has 1 atom stereocenters. The first-order chi connectivity index (χ1) is 12.1. The SMILES string of the molecule is Cc1ccc2c(c1)N1C(N)=C(c3nc4ccccc4[nH]3)C(=O)C1CO2. The van der Waals surface area contributed by atoms with Crippen LogP contribution in [0.25, 0.3) is 16.6 Å². The maximum absolute atomic E-state index is 13.0. The van der Waals surface area contributed by atoms with Crippen LogP contribution in [0.2, 0.25) is 0 Å². The number of carbonyl (C=O) groups is 1. The van der Waals surface area contributed by atoms with E-state index in [1.54, 1.807) is 0 Å². The minimum atomic E-state index is -0.447. The molecule has 1 aromatic heterocycles. The van der Waals surface area contributed by atoms with Gasteiger partial charge in [-0.15, -0.1) is 0 Å². The zero-order valence-electron chi connectivity index (χ0n) is 13.6. The quantitative estimate of drug-likeness (QED) is 0.714. The average Bonchev–Trinajstić information content (AvgIpc) is 3.13. The number of anilines is 1. The number of aryl methyl sites for hydroxylation is 1. The molecule has 2 aliphatic rings. The van der Waals surface area contributed by atoms with Gasteiger partial charge in [-0.3, -0.25) is 4.79 Å². The van der Waals surface area contributed by atoms with Crippen molar-refractivity contribution in [3.8, 4) is 5.75 Å². The number of ether oxygens (including phenoxy) is 1. The lowest BCUT2D eigenvalue weighted by Crippen LogP contribution is -2.44. The van der Waals surface area contributed by atoms with Gasteiger partial charge in [0.15, 0.2) is 5.78 Å². The minimum Gasteiger partial charge on any atom is -0.489 e. The standard InChI is InChI=1S/C19H16N4O2/c1-10-6-7-15-13(8-10)23-14(9-25-15)17(24)16(18(23)20)19-21-11-4-2-3-5-12(11)22-19/h2-8,14H,9,20H2,1H3,(H,21,22). The number of Topliss-reactive ketones (excluding diaryl/α,β-unsaturated/α-hetero) is 1. The Bertz CT molecular complexity index is 1030. The summed E-state index contributed by atoms with van der Waals surface area (Å²) in [6, 6.07) is 13.1. The number of nitrogens with zero attached hydrogens (tertiary/aromatic N) is 2. The second-order valence-electron chi connectivity index (χ2n) is 6.40. The molecule has 0 fully saturated rings. The molecule has 6 heteroatoms. The lowest BCUT2D eigenvalue weighted by atomic mass is 10.1. The van der Waals surface area contributed by atoms with Gasteiger partial charge in [0.1, 0.15) is 35.6 Å². The van der Waals surface area contributed by atoms with Crippen molar-refractivity contribution in [2.45, 2.75) is 13.0 Å². The first-order valence-electron chi connectivity index (χ1n) is 8.15. The number of ketones is 1. The number of aromatic nitrogens is 2. The molecule has 0 radical (unpaired) electrons. The predicted molar refractivity (Wildman–Crippen MR) is 95.1 cm³/mol. The molecule has 3 aromatic rings. The Labute approximate surface area is 143 Å². The van der Waals surface area contributed by atoms with Crippen LogP contribution in [0.5, 0.6) is 5.75 Å². The van der Waals surface area contributed by atoms with Crippen LogP contribution in [0.3, 0.4) is 0 Å². The highest BCUT2D eigenvalue weighted by atomic mass is 16.5. The Balaban J connectivity index is 1.69. The maximum atomic E-state index is 13.0. The number of carbonyl (C=O) groups excluding carboxylic acids is 1. The van der Waals surface area contributed by atoms with Crippen LogP contribution in [0, 0.1) is 6.92 Å². The summed E-state index contributed by atoms with van der Waals surface area (Å²) < 4.78 is 5.78. The van der Waals surface area contributed by atoms with Crippen LogP contribution in [-0.4, -0.2) is 28.4 Å².